The minimum Gasteiger partial charge on any atom is -0.458 e. The van der Waals surface area contributed by atoms with E-state index in [1.165, 1.54) is 4.90 Å². The van der Waals surface area contributed by atoms with Gasteiger partial charge in [-0.2, -0.15) is 17.2 Å². The van der Waals surface area contributed by atoms with Gasteiger partial charge < -0.3 is 19.1 Å². The van der Waals surface area contributed by atoms with Gasteiger partial charge in [0.2, 0.25) is 5.91 Å². The summed E-state index contributed by atoms with van der Waals surface area (Å²) < 4.78 is 72.5. The topological polar surface area (TPSA) is 137 Å². The number of alkyl halides is 2. The zero-order valence-electron chi connectivity index (χ0n) is 16.7. The number of hydrogen-bond donors (Lipinski definition) is 1. The molecule has 6 atom stereocenters. The fraction of sp³-hybridized carbons (Fsp3) is 0.824. The molecule has 0 spiro atoms. The second-order valence-corrected chi connectivity index (χ2v) is 10.1. The van der Waals surface area contributed by atoms with Gasteiger partial charge in [0.15, 0.2) is 12.7 Å². The smallest absolute Gasteiger partial charge is 0.402 e. The van der Waals surface area contributed by atoms with E-state index in [4.69, 9.17) is 14.0 Å². The van der Waals surface area contributed by atoms with Gasteiger partial charge >= 0.3 is 27.3 Å². The van der Waals surface area contributed by atoms with E-state index >= 15 is 0 Å². The van der Waals surface area contributed by atoms with Crippen molar-refractivity contribution in [2.45, 2.75) is 69.3 Å². The largest absolute Gasteiger partial charge is 0.458 e. The summed E-state index contributed by atoms with van der Waals surface area (Å²) in [4.78, 5) is 39.0. The van der Waals surface area contributed by atoms with Crippen molar-refractivity contribution < 1.29 is 50.3 Å². The molecule has 6 unspecified atom stereocenters. The van der Waals surface area contributed by atoms with Gasteiger partial charge in [0, 0.05) is 12.0 Å². The molecule has 0 aliphatic carbocycles. The third kappa shape index (κ3) is 3.46. The normalized spacial score (nSPS) is 33.2. The molecule has 1 amide bonds. The van der Waals surface area contributed by atoms with Crippen molar-refractivity contribution in [1.82, 2.24) is 4.90 Å². The molecule has 170 valence electrons. The number of rotatable bonds is 6. The quantitative estimate of drug-likeness (QED) is 0.444. The Kier molecular flexibility index (Phi) is 5.39. The molecule has 0 aromatic rings. The lowest BCUT2D eigenvalue weighted by atomic mass is 9.78. The molecule has 0 aromatic carbocycles. The number of esters is 2. The fourth-order valence-electron chi connectivity index (χ4n) is 4.37. The molecule has 3 heterocycles. The van der Waals surface area contributed by atoms with Crippen molar-refractivity contribution in [3.63, 3.8) is 0 Å². The van der Waals surface area contributed by atoms with Crippen LogP contribution in [0, 0.1) is 11.8 Å². The number of ether oxygens (including phenoxy) is 3. The average molecular weight is 455 g/mol. The lowest BCUT2D eigenvalue weighted by Gasteiger charge is -2.38. The molecule has 3 fully saturated rings. The zero-order valence-corrected chi connectivity index (χ0v) is 17.5. The van der Waals surface area contributed by atoms with Gasteiger partial charge in [-0.3, -0.25) is 18.9 Å². The van der Waals surface area contributed by atoms with Crippen LogP contribution in [0.1, 0.15) is 34.1 Å². The second kappa shape index (κ2) is 7.09. The van der Waals surface area contributed by atoms with E-state index < -0.39 is 81.6 Å². The molecular formula is C17H23F2NO9S. The number of nitrogens with zero attached hydrogens (tertiary/aromatic N) is 1. The van der Waals surface area contributed by atoms with Gasteiger partial charge in [0.1, 0.15) is 12.0 Å². The van der Waals surface area contributed by atoms with Crippen molar-refractivity contribution in [3.8, 4) is 0 Å². The van der Waals surface area contributed by atoms with Crippen molar-refractivity contribution in [3.05, 3.63) is 0 Å². The van der Waals surface area contributed by atoms with E-state index in [2.05, 4.69) is 4.74 Å². The number of carbonyl (C=O) groups is 3. The minimum absolute atomic E-state index is 0.0309. The number of carbonyl (C=O) groups excluding carboxylic acids is 3. The van der Waals surface area contributed by atoms with Crippen molar-refractivity contribution in [2.75, 3.05) is 6.61 Å². The minimum atomic E-state index is -5.80. The zero-order chi connectivity index (χ0) is 22.8. The van der Waals surface area contributed by atoms with E-state index in [0.717, 1.165) is 0 Å². The van der Waals surface area contributed by atoms with Crippen LogP contribution in [0.4, 0.5) is 8.78 Å². The Balaban J connectivity index is 1.89. The Hall–Kier alpha value is -1.86. The third-order valence-electron chi connectivity index (χ3n) is 5.54. The molecule has 2 bridgehead atoms. The van der Waals surface area contributed by atoms with E-state index in [1.54, 1.807) is 27.7 Å². The lowest BCUT2D eigenvalue weighted by molar-refractivity contribution is -0.165. The van der Waals surface area contributed by atoms with Gasteiger partial charge in [-0.05, 0) is 20.8 Å². The van der Waals surface area contributed by atoms with Crippen LogP contribution in [-0.2, 0) is 38.7 Å². The Morgan fingerprint density at radius 1 is 1.23 bits per heavy atom. The molecule has 0 radical (unpaired) electrons. The molecule has 3 aliphatic heterocycles. The standard InChI is InChI=1S/C17H23F2NO9S/c1-5-7(21)28-13-10-11-8(14(22)20(10)16(2,3)4)9(12(13)29-11)15(23)27-6-17(18,19)30(24,25)26/h8-13H,5-6H2,1-4H3,(H,24,25,26). The summed E-state index contributed by atoms with van der Waals surface area (Å²) in [7, 11) is -5.80. The highest BCUT2D eigenvalue weighted by Crippen LogP contribution is 2.54. The summed E-state index contributed by atoms with van der Waals surface area (Å²) in [5.41, 5.74) is -0.708. The van der Waals surface area contributed by atoms with Gasteiger partial charge in [-0.25, -0.2) is 0 Å². The van der Waals surface area contributed by atoms with Crippen LogP contribution in [0.5, 0.6) is 0 Å². The summed E-state index contributed by atoms with van der Waals surface area (Å²) >= 11 is 0. The van der Waals surface area contributed by atoms with Crippen molar-refractivity contribution >= 4 is 28.0 Å². The monoisotopic (exact) mass is 455 g/mol. The first kappa shape index (κ1) is 22.8. The van der Waals surface area contributed by atoms with Gasteiger partial charge in [-0.15, -0.1) is 0 Å². The van der Waals surface area contributed by atoms with Gasteiger partial charge in [-0.1, -0.05) is 6.92 Å². The SMILES string of the molecule is CCC(=O)OC1C2OC3C(C(=O)N(C(C)(C)C)C13)C2C(=O)OCC(F)(F)S(=O)(=O)O. The predicted molar refractivity (Wildman–Crippen MR) is 93.7 cm³/mol. The van der Waals surface area contributed by atoms with E-state index in [0.29, 0.717) is 0 Å². The lowest BCUT2D eigenvalue weighted by Crippen LogP contribution is -2.54. The molecule has 3 saturated heterocycles. The third-order valence-corrected chi connectivity index (χ3v) is 6.41. The maximum absolute atomic E-state index is 13.5. The number of hydrogen-bond acceptors (Lipinski definition) is 8. The second-order valence-electron chi connectivity index (χ2n) is 8.51. The summed E-state index contributed by atoms with van der Waals surface area (Å²) in [6.45, 7) is 4.89. The van der Waals surface area contributed by atoms with E-state index in [1.807, 2.05) is 0 Å². The Morgan fingerprint density at radius 3 is 2.33 bits per heavy atom. The molecular weight excluding hydrogens is 432 g/mol. The van der Waals surface area contributed by atoms with Crippen LogP contribution >= 0.6 is 0 Å². The van der Waals surface area contributed by atoms with Crippen LogP contribution in [0.15, 0.2) is 0 Å². The molecule has 0 aromatic heterocycles. The van der Waals surface area contributed by atoms with Crippen molar-refractivity contribution in [2.24, 2.45) is 11.8 Å². The van der Waals surface area contributed by atoms with E-state index in [9.17, 15) is 31.6 Å². The Labute approximate surface area is 171 Å². The van der Waals surface area contributed by atoms with Crippen LogP contribution in [0.25, 0.3) is 0 Å². The summed E-state index contributed by atoms with van der Waals surface area (Å²) in [6.07, 6.45) is -2.90. The molecule has 10 nitrogen and oxygen atoms in total. The number of fused-ring (bicyclic) bond motifs is 1. The van der Waals surface area contributed by atoms with Crippen LogP contribution in [0.3, 0.4) is 0 Å². The van der Waals surface area contributed by atoms with Crippen LogP contribution in [-0.4, -0.2) is 77.5 Å². The summed E-state index contributed by atoms with van der Waals surface area (Å²) in [5.74, 6) is -4.76. The number of likely N-dealkylation sites (tertiary alicyclic amines) is 1. The molecule has 1 N–H and O–H groups in total. The Bertz CT molecular complexity index is 869. The van der Waals surface area contributed by atoms with Crippen molar-refractivity contribution in [1.29, 1.82) is 0 Å². The fourth-order valence-corrected chi connectivity index (χ4v) is 4.58. The highest BCUT2D eigenvalue weighted by molar-refractivity contribution is 7.86. The van der Waals surface area contributed by atoms with E-state index in [-0.39, 0.29) is 6.42 Å². The summed E-state index contributed by atoms with van der Waals surface area (Å²) in [5, 5.41) is -4.71. The van der Waals surface area contributed by atoms with Gasteiger partial charge in [0.05, 0.1) is 18.1 Å². The highest BCUT2D eigenvalue weighted by atomic mass is 32.2. The first-order valence-electron chi connectivity index (χ1n) is 9.31. The first-order valence-corrected chi connectivity index (χ1v) is 10.8. The molecule has 13 heteroatoms. The molecule has 0 saturated carbocycles. The first-order chi connectivity index (χ1) is 13.6. The molecule has 3 rings (SSSR count). The molecule has 3 aliphatic rings. The summed E-state index contributed by atoms with van der Waals surface area (Å²) in [6, 6.07) is -0.647. The predicted octanol–water partition coefficient (Wildman–Crippen LogP) is 0.355. The number of amides is 1. The van der Waals surface area contributed by atoms with Crippen LogP contribution in [0.2, 0.25) is 0 Å². The number of halogens is 2. The molecule has 30 heavy (non-hydrogen) atoms. The highest BCUT2D eigenvalue weighted by Gasteiger charge is 2.73. The Morgan fingerprint density at radius 2 is 1.83 bits per heavy atom. The van der Waals surface area contributed by atoms with Crippen LogP contribution < -0.4 is 0 Å². The average Bonchev–Trinajstić information content (AvgIpc) is 3.20. The maximum atomic E-state index is 13.5. The maximum Gasteiger partial charge on any atom is 0.402 e. The van der Waals surface area contributed by atoms with Gasteiger partial charge in [0.25, 0.3) is 0 Å².